The van der Waals surface area contributed by atoms with E-state index >= 15 is 0 Å². The number of hydrogen-bond acceptors (Lipinski definition) is 4. The molecule has 1 aliphatic carbocycles. The Morgan fingerprint density at radius 3 is 2.86 bits per heavy atom. The van der Waals surface area contributed by atoms with Gasteiger partial charge in [0.1, 0.15) is 17.6 Å². The standard InChI is InChI=1S/C9H13N3O2/c10-8-5-7(11-12-8)9(13)14-6-3-1-2-4-6/h5-6H,1-4H2,(H3,10,11,12). The molecule has 5 nitrogen and oxygen atoms in total. The molecule has 0 saturated heterocycles. The van der Waals surface area contributed by atoms with Gasteiger partial charge in [-0.3, -0.25) is 5.10 Å². The summed E-state index contributed by atoms with van der Waals surface area (Å²) in [6.07, 6.45) is 4.30. The van der Waals surface area contributed by atoms with Gasteiger partial charge in [0.25, 0.3) is 0 Å². The van der Waals surface area contributed by atoms with Gasteiger partial charge in [0.2, 0.25) is 0 Å². The van der Waals surface area contributed by atoms with Gasteiger partial charge >= 0.3 is 5.97 Å². The highest BCUT2D eigenvalue weighted by Gasteiger charge is 2.20. The number of carbonyl (C=O) groups excluding carboxylic acids is 1. The van der Waals surface area contributed by atoms with Gasteiger partial charge < -0.3 is 10.5 Å². The highest BCUT2D eigenvalue weighted by Crippen LogP contribution is 2.21. The number of carbonyl (C=O) groups is 1. The Hall–Kier alpha value is -1.52. The van der Waals surface area contributed by atoms with Crippen LogP contribution in [0.15, 0.2) is 6.07 Å². The van der Waals surface area contributed by atoms with Gasteiger partial charge in [0.15, 0.2) is 0 Å². The summed E-state index contributed by atoms with van der Waals surface area (Å²) in [7, 11) is 0. The highest BCUT2D eigenvalue weighted by molar-refractivity contribution is 5.88. The maximum atomic E-state index is 11.5. The van der Waals surface area contributed by atoms with Gasteiger partial charge in [0, 0.05) is 6.07 Å². The number of aromatic nitrogens is 2. The van der Waals surface area contributed by atoms with Crippen molar-refractivity contribution in [3.8, 4) is 0 Å². The van der Waals surface area contributed by atoms with Crippen LogP contribution in [0.25, 0.3) is 0 Å². The summed E-state index contributed by atoms with van der Waals surface area (Å²) >= 11 is 0. The van der Waals surface area contributed by atoms with Crippen LogP contribution in [0.4, 0.5) is 5.82 Å². The molecule has 0 amide bonds. The maximum Gasteiger partial charge on any atom is 0.356 e. The number of ether oxygens (including phenoxy) is 1. The Kier molecular flexibility index (Phi) is 2.39. The van der Waals surface area contributed by atoms with E-state index in [4.69, 9.17) is 10.5 Å². The molecular formula is C9H13N3O2. The molecule has 1 aromatic rings. The number of rotatable bonds is 2. The molecule has 1 aromatic heterocycles. The third-order valence-electron chi connectivity index (χ3n) is 2.39. The quantitative estimate of drug-likeness (QED) is 0.692. The van der Waals surface area contributed by atoms with Gasteiger partial charge in [-0.1, -0.05) is 0 Å². The fraction of sp³-hybridized carbons (Fsp3) is 0.556. The summed E-state index contributed by atoms with van der Waals surface area (Å²) in [5.41, 5.74) is 5.70. The lowest BCUT2D eigenvalue weighted by Gasteiger charge is -2.09. The van der Waals surface area contributed by atoms with Crippen molar-refractivity contribution in [1.82, 2.24) is 10.2 Å². The number of nitrogens with one attached hydrogen (secondary N) is 1. The van der Waals surface area contributed by atoms with Crippen molar-refractivity contribution in [2.24, 2.45) is 0 Å². The Morgan fingerprint density at radius 1 is 1.57 bits per heavy atom. The van der Waals surface area contributed by atoms with Crippen molar-refractivity contribution < 1.29 is 9.53 Å². The normalized spacial score (nSPS) is 17.1. The predicted molar refractivity (Wildman–Crippen MR) is 50.7 cm³/mol. The van der Waals surface area contributed by atoms with E-state index < -0.39 is 0 Å². The molecule has 0 spiro atoms. The van der Waals surface area contributed by atoms with Crippen molar-refractivity contribution >= 4 is 11.8 Å². The smallest absolute Gasteiger partial charge is 0.356 e. The molecule has 1 fully saturated rings. The fourth-order valence-corrected chi connectivity index (χ4v) is 1.66. The Balaban J connectivity index is 1.95. The van der Waals surface area contributed by atoms with Crippen LogP contribution >= 0.6 is 0 Å². The second kappa shape index (κ2) is 3.69. The van der Waals surface area contributed by atoms with Crippen molar-refractivity contribution in [2.75, 3.05) is 5.73 Å². The van der Waals surface area contributed by atoms with Crippen LogP contribution in [0.3, 0.4) is 0 Å². The molecule has 0 radical (unpaired) electrons. The molecule has 0 atom stereocenters. The van der Waals surface area contributed by atoms with E-state index in [1.54, 1.807) is 0 Å². The molecule has 76 valence electrons. The molecular weight excluding hydrogens is 182 g/mol. The number of esters is 1. The molecule has 0 bridgehead atoms. The molecule has 1 aliphatic rings. The van der Waals surface area contributed by atoms with Crippen LogP contribution in [0.5, 0.6) is 0 Å². The van der Waals surface area contributed by atoms with Crippen LogP contribution in [0.1, 0.15) is 36.2 Å². The zero-order valence-electron chi connectivity index (χ0n) is 7.82. The van der Waals surface area contributed by atoms with Crippen LogP contribution in [0, 0.1) is 0 Å². The molecule has 5 heteroatoms. The summed E-state index contributed by atoms with van der Waals surface area (Å²) in [6, 6.07) is 1.48. The Labute approximate surface area is 81.6 Å². The van der Waals surface area contributed by atoms with Crippen LogP contribution in [0.2, 0.25) is 0 Å². The van der Waals surface area contributed by atoms with Crippen LogP contribution in [-0.2, 0) is 4.74 Å². The van der Waals surface area contributed by atoms with Gasteiger partial charge in [-0.2, -0.15) is 5.10 Å². The minimum Gasteiger partial charge on any atom is -0.458 e. The Morgan fingerprint density at radius 2 is 2.29 bits per heavy atom. The molecule has 1 heterocycles. The van der Waals surface area contributed by atoms with Crippen LogP contribution < -0.4 is 5.73 Å². The van der Waals surface area contributed by atoms with Gasteiger partial charge in [0.05, 0.1) is 0 Å². The number of anilines is 1. The largest absolute Gasteiger partial charge is 0.458 e. The first-order valence-corrected chi connectivity index (χ1v) is 4.77. The SMILES string of the molecule is Nc1cc(C(=O)OC2CCCC2)[nH]n1. The van der Waals surface area contributed by atoms with Gasteiger partial charge in [-0.05, 0) is 25.7 Å². The zero-order chi connectivity index (χ0) is 9.97. The first-order chi connectivity index (χ1) is 6.75. The van der Waals surface area contributed by atoms with Crippen molar-refractivity contribution in [3.05, 3.63) is 11.8 Å². The van der Waals surface area contributed by atoms with Crippen molar-refractivity contribution in [3.63, 3.8) is 0 Å². The summed E-state index contributed by atoms with van der Waals surface area (Å²) in [5, 5.41) is 6.19. The monoisotopic (exact) mass is 195 g/mol. The van der Waals surface area contributed by atoms with Gasteiger partial charge in [-0.25, -0.2) is 4.79 Å². The fourth-order valence-electron chi connectivity index (χ4n) is 1.66. The number of aromatic amines is 1. The van der Waals surface area contributed by atoms with E-state index in [2.05, 4.69) is 10.2 Å². The van der Waals surface area contributed by atoms with Gasteiger partial charge in [-0.15, -0.1) is 0 Å². The minimum absolute atomic E-state index is 0.0759. The number of nitrogens with zero attached hydrogens (tertiary/aromatic N) is 1. The third kappa shape index (κ3) is 1.86. The topological polar surface area (TPSA) is 81.0 Å². The number of nitrogen functional groups attached to an aromatic ring is 1. The summed E-state index contributed by atoms with van der Waals surface area (Å²) < 4.78 is 5.24. The second-order valence-corrected chi connectivity index (χ2v) is 3.52. The van der Waals surface area contributed by atoms with E-state index in [9.17, 15) is 4.79 Å². The number of H-pyrrole nitrogens is 1. The Bertz CT molecular complexity index is 329. The average molecular weight is 195 g/mol. The molecule has 0 aliphatic heterocycles. The van der Waals surface area contributed by atoms with E-state index in [1.807, 2.05) is 0 Å². The predicted octanol–water partition coefficient (Wildman–Crippen LogP) is 1.09. The van der Waals surface area contributed by atoms with Crippen LogP contribution in [-0.4, -0.2) is 22.3 Å². The number of nitrogens with two attached hydrogens (primary N) is 1. The van der Waals surface area contributed by atoms with Crippen molar-refractivity contribution in [1.29, 1.82) is 0 Å². The molecule has 0 unspecified atom stereocenters. The lowest BCUT2D eigenvalue weighted by molar-refractivity contribution is 0.0311. The first-order valence-electron chi connectivity index (χ1n) is 4.77. The van der Waals surface area contributed by atoms with E-state index in [1.165, 1.54) is 6.07 Å². The summed E-state index contributed by atoms with van der Waals surface area (Å²) in [4.78, 5) is 11.5. The minimum atomic E-state index is -0.360. The highest BCUT2D eigenvalue weighted by atomic mass is 16.5. The lowest BCUT2D eigenvalue weighted by Crippen LogP contribution is -2.15. The maximum absolute atomic E-state index is 11.5. The zero-order valence-corrected chi connectivity index (χ0v) is 7.82. The molecule has 2 rings (SSSR count). The van der Waals surface area contributed by atoms with E-state index in [-0.39, 0.29) is 12.1 Å². The average Bonchev–Trinajstić information content (AvgIpc) is 2.75. The molecule has 3 N–H and O–H groups in total. The summed E-state index contributed by atoms with van der Waals surface area (Å²) in [5.74, 6) is -0.0514. The third-order valence-corrected chi connectivity index (χ3v) is 2.39. The second-order valence-electron chi connectivity index (χ2n) is 3.52. The molecule has 0 aromatic carbocycles. The lowest BCUT2D eigenvalue weighted by atomic mass is 10.3. The van der Waals surface area contributed by atoms with E-state index in [0.29, 0.717) is 11.5 Å². The van der Waals surface area contributed by atoms with Crippen molar-refractivity contribution in [2.45, 2.75) is 31.8 Å². The number of hydrogen-bond donors (Lipinski definition) is 2. The molecule has 14 heavy (non-hydrogen) atoms. The summed E-state index contributed by atoms with van der Waals surface area (Å²) in [6.45, 7) is 0. The first kappa shape index (κ1) is 9.05. The molecule has 1 saturated carbocycles. The van der Waals surface area contributed by atoms with E-state index in [0.717, 1.165) is 25.7 Å².